The van der Waals surface area contributed by atoms with Gasteiger partial charge in [0.25, 0.3) is 0 Å². The Bertz CT molecular complexity index is 445. The molecule has 0 aliphatic heterocycles. The SMILES string of the molecule is COc1ccc(/C=C/C=C/C(C)=O)cc1OC. The lowest BCUT2D eigenvalue weighted by Gasteiger charge is -2.07. The number of methoxy groups -OCH3 is 2. The molecule has 0 saturated carbocycles. The zero-order valence-electron chi connectivity index (χ0n) is 10.3. The van der Waals surface area contributed by atoms with Crippen LogP contribution in [0.4, 0.5) is 0 Å². The molecule has 0 radical (unpaired) electrons. The lowest BCUT2D eigenvalue weighted by molar-refractivity contribution is -0.112. The van der Waals surface area contributed by atoms with Gasteiger partial charge in [0.1, 0.15) is 0 Å². The zero-order chi connectivity index (χ0) is 12.7. The molecule has 0 heterocycles. The summed E-state index contributed by atoms with van der Waals surface area (Å²) >= 11 is 0. The number of benzene rings is 1. The molecule has 3 nitrogen and oxygen atoms in total. The van der Waals surface area contributed by atoms with Gasteiger partial charge >= 0.3 is 0 Å². The van der Waals surface area contributed by atoms with E-state index >= 15 is 0 Å². The van der Waals surface area contributed by atoms with E-state index in [0.29, 0.717) is 11.5 Å². The highest BCUT2D eigenvalue weighted by atomic mass is 16.5. The zero-order valence-corrected chi connectivity index (χ0v) is 10.3. The van der Waals surface area contributed by atoms with Gasteiger partial charge in [-0.2, -0.15) is 0 Å². The molecule has 0 fully saturated rings. The Morgan fingerprint density at radius 2 is 1.82 bits per heavy atom. The molecule has 0 unspecified atom stereocenters. The summed E-state index contributed by atoms with van der Waals surface area (Å²) < 4.78 is 10.3. The monoisotopic (exact) mass is 232 g/mol. The third-order valence-corrected chi connectivity index (χ3v) is 2.14. The van der Waals surface area contributed by atoms with Crippen LogP contribution in [0.25, 0.3) is 6.08 Å². The van der Waals surface area contributed by atoms with Crippen LogP contribution < -0.4 is 9.47 Å². The second-order valence-electron chi connectivity index (χ2n) is 3.44. The number of ketones is 1. The number of allylic oxidation sites excluding steroid dienone is 3. The maximum atomic E-state index is 10.7. The van der Waals surface area contributed by atoms with E-state index in [0.717, 1.165) is 5.56 Å². The summed E-state index contributed by atoms with van der Waals surface area (Å²) in [5.41, 5.74) is 0.982. The van der Waals surface area contributed by atoms with Crippen molar-refractivity contribution in [1.29, 1.82) is 0 Å². The molecular formula is C14H16O3. The van der Waals surface area contributed by atoms with Gasteiger partial charge in [-0.3, -0.25) is 4.79 Å². The molecule has 0 spiro atoms. The third kappa shape index (κ3) is 4.15. The first-order valence-corrected chi connectivity index (χ1v) is 5.24. The maximum Gasteiger partial charge on any atom is 0.161 e. The molecule has 0 saturated heterocycles. The molecule has 1 aromatic carbocycles. The van der Waals surface area contributed by atoms with Crippen LogP contribution in [0.2, 0.25) is 0 Å². The summed E-state index contributed by atoms with van der Waals surface area (Å²) in [6, 6.07) is 5.63. The van der Waals surface area contributed by atoms with Crippen molar-refractivity contribution in [2.75, 3.05) is 14.2 Å². The quantitative estimate of drug-likeness (QED) is 0.578. The first-order valence-electron chi connectivity index (χ1n) is 5.24. The van der Waals surface area contributed by atoms with Crippen LogP contribution in [-0.4, -0.2) is 20.0 Å². The van der Waals surface area contributed by atoms with E-state index in [1.807, 2.05) is 30.4 Å². The number of carbonyl (C=O) groups excluding carboxylic acids is 1. The molecule has 0 amide bonds. The summed E-state index contributed by atoms with van der Waals surface area (Å²) in [5.74, 6) is 1.41. The van der Waals surface area contributed by atoms with Crippen LogP contribution in [0.3, 0.4) is 0 Å². The number of hydrogen-bond acceptors (Lipinski definition) is 3. The van der Waals surface area contributed by atoms with Gasteiger partial charge < -0.3 is 9.47 Å². The van der Waals surface area contributed by atoms with Crippen LogP contribution in [0.1, 0.15) is 12.5 Å². The summed E-state index contributed by atoms with van der Waals surface area (Å²) in [5, 5.41) is 0. The van der Waals surface area contributed by atoms with Gasteiger partial charge in [-0.15, -0.1) is 0 Å². The number of ether oxygens (including phenoxy) is 2. The Hall–Kier alpha value is -2.03. The van der Waals surface area contributed by atoms with Crippen molar-refractivity contribution in [3.63, 3.8) is 0 Å². The normalized spacial score (nSPS) is 11.0. The molecule has 17 heavy (non-hydrogen) atoms. The average Bonchev–Trinajstić information content (AvgIpc) is 2.34. The first kappa shape index (κ1) is 13.0. The highest BCUT2D eigenvalue weighted by molar-refractivity contribution is 5.87. The van der Waals surface area contributed by atoms with E-state index in [1.54, 1.807) is 20.3 Å². The van der Waals surface area contributed by atoms with Crippen LogP contribution in [0.5, 0.6) is 11.5 Å². The summed E-state index contributed by atoms with van der Waals surface area (Å²) in [7, 11) is 3.20. The first-order chi connectivity index (χ1) is 8.17. The van der Waals surface area contributed by atoms with Gasteiger partial charge in [-0.05, 0) is 30.7 Å². The molecule has 0 atom stereocenters. The van der Waals surface area contributed by atoms with Gasteiger partial charge in [-0.25, -0.2) is 0 Å². The second kappa shape index (κ2) is 6.53. The molecule has 1 rings (SSSR count). The lowest BCUT2D eigenvalue weighted by Crippen LogP contribution is -1.90. The smallest absolute Gasteiger partial charge is 0.161 e. The van der Waals surface area contributed by atoms with Crippen molar-refractivity contribution < 1.29 is 14.3 Å². The highest BCUT2D eigenvalue weighted by Gasteiger charge is 2.01. The van der Waals surface area contributed by atoms with Crippen molar-refractivity contribution in [1.82, 2.24) is 0 Å². The fourth-order valence-electron chi connectivity index (χ4n) is 1.31. The molecule has 3 heteroatoms. The minimum atomic E-state index is 0.0296. The van der Waals surface area contributed by atoms with E-state index in [9.17, 15) is 4.79 Å². The molecule has 0 aliphatic carbocycles. The summed E-state index contributed by atoms with van der Waals surface area (Å²) in [6.07, 6.45) is 6.92. The number of hydrogen-bond donors (Lipinski definition) is 0. The van der Waals surface area contributed by atoms with Crippen LogP contribution in [0, 0.1) is 0 Å². The van der Waals surface area contributed by atoms with Gasteiger partial charge in [0.05, 0.1) is 14.2 Å². The predicted octanol–water partition coefficient (Wildman–Crippen LogP) is 2.86. The Kier molecular flexibility index (Phi) is 5.01. The summed E-state index contributed by atoms with van der Waals surface area (Å²) in [4.78, 5) is 10.7. The molecule has 90 valence electrons. The summed E-state index contributed by atoms with van der Waals surface area (Å²) in [6.45, 7) is 1.51. The van der Waals surface area contributed by atoms with Gasteiger partial charge in [-0.1, -0.05) is 24.3 Å². The average molecular weight is 232 g/mol. The fourth-order valence-corrected chi connectivity index (χ4v) is 1.31. The third-order valence-electron chi connectivity index (χ3n) is 2.14. The van der Waals surface area contributed by atoms with Gasteiger partial charge in [0.2, 0.25) is 0 Å². The predicted molar refractivity (Wildman–Crippen MR) is 68.4 cm³/mol. The van der Waals surface area contributed by atoms with Crippen molar-refractivity contribution in [2.24, 2.45) is 0 Å². The van der Waals surface area contributed by atoms with Gasteiger partial charge in [0.15, 0.2) is 17.3 Å². The van der Waals surface area contributed by atoms with Crippen molar-refractivity contribution >= 4 is 11.9 Å². The molecule has 1 aromatic rings. The Labute approximate surface area is 101 Å². The van der Waals surface area contributed by atoms with E-state index in [4.69, 9.17) is 9.47 Å². The standard InChI is InChI=1S/C14H16O3/c1-11(15)6-4-5-7-12-8-9-13(16-2)14(10-12)17-3/h4-10H,1-3H3/b6-4+,7-5+. The Morgan fingerprint density at radius 3 is 2.41 bits per heavy atom. The molecule has 0 N–H and O–H groups in total. The van der Waals surface area contributed by atoms with E-state index in [2.05, 4.69) is 0 Å². The number of carbonyl (C=O) groups is 1. The molecule has 0 aromatic heterocycles. The van der Waals surface area contributed by atoms with Crippen molar-refractivity contribution in [2.45, 2.75) is 6.92 Å². The lowest BCUT2D eigenvalue weighted by atomic mass is 10.2. The number of rotatable bonds is 5. The minimum absolute atomic E-state index is 0.0296. The highest BCUT2D eigenvalue weighted by Crippen LogP contribution is 2.27. The Balaban J connectivity index is 2.82. The molecular weight excluding hydrogens is 216 g/mol. The van der Waals surface area contributed by atoms with Crippen molar-refractivity contribution in [3.8, 4) is 11.5 Å². The van der Waals surface area contributed by atoms with Gasteiger partial charge in [0, 0.05) is 0 Å². The van der Waals surface area contributed by atoms with E-state index < -0.39 is 0 Å². The van der Waals surface area contributed by atoms with Crippen LogP contribution in [0.15, 0.2) is 36.4 Å². The van der Waals surface area contributed by atoms with Crippen LogP contribution in [-0.2, 0) is 4.79 Å². The maximum absolute atomic E-state index is 10.7. The topological polar surface area (TPSA) is 35.5 Å². The van der Waals surface area contributed by atoms with E-state index in [-0.39, 0.29) is 5.78 Å². The van der Waals surface area contributed by atoms with E-state index in [1.165, 1.54) is 13.0 Å². The largest absolute Gasteiger partial charge is 0.493 e. The second-order valence-corrected chi connectivity index (χ2v) is 3.44. The minimum Gasteiger partial charge on any atom is -0.493 e. The van der Waals surface area contributed by atoms with Crippen molar-refractivity contribution in [3.05, 3.63) is 42.0 Å². The van der Waals surface area contributed by atoms with Crippen LogP contribution >= 0.6 is 0 Å². The molecule has 0 bridgehead atoms. The Morgan fingerprint density at radius 1 is 1.12 bits per heavy atom. The molecule has 0 aliphatic rings. The fraction of sp³-hybridized carbons (Fsp3) is 0.214.